The minimum absolute atomic E-state index is 0.0830. The van der Waals surface area contributed by atoms with E-state index in [-0.39, 0.29) is 18.4 Å². The van der Waals surface area contributed by atoms with Crippen molar-refractivity contribution in [3.8, 4) is 11.8 Å². The second kappa shape index (κ2) is 7.28. The average Bonchev–Trinajstić information content (AvgIpc) is 2.88. The SMILES string of the molecule is Cc1cc(C#CCCO)ccc1NC(=O)C1CCCC1C. The van der Waals surface area contributed by atoms with Gasteiger partial charge in [0.05, 0.1) is 6.61 Å². The second-order valence-corrected chi connectivity index (χ2v) is 5.81. The van der Waals surface area contributed by atoms with Crippen molar-refractivity contribution in [3.05, 3.63) is 29.3 Å². The Bertz CT molecular complexity index is 568. The van der Waals surface area contributed by atoms with Gasteiger partial charge >= 0.3 is 0 Å². The van der Waals surface area contributed by atoms with Crippen molar-refractivity contribution in [2.24, 2.45) is 11.8 Å². The molecule has 1 aromatic carbocycles. The van der Waals surface area contributed by atoms with Crippen LogP contribution in [-0.4, -0.2) is 17.6 Å². The van der Waals surface area contributed by atoms with Gasteiger partial charge in [0.25, 0.3) is 0 Å². The van der Waals surface area contributed by atoms with E-state index in [9.17, 15) is 4.79 Å². The maximum absolute atomic E-state index is 12.3. The number of aliphatic hydroxyl groups excluding tert-OH is 1. The van der Waals surface area contributed by atoms with Crippen LogP contribution in [0.25, 0.3) is 0 Å². The Morgan fingerprint density at radius 1 is 1.43 bits per heavy atom. The molecule has 1 saturated carbocycles. The van der Waals surface area contributed by atoms with Crippen molar-refractivity contribution in [1.29, 1.82) is 0 Å². The van der Waals surface area contributed by atoms with Crippen LogP contribution in [0.1, 0.15) is 43.7 Å². The maximum Gasteiger partial charge on any atom is 0.227 e. The van der Waals surface area contributed by atoms with Gasteiger partial charge < -0.3 is 10.4 Å². The lowest BCUT2D eigenvalue weighted by Crippen LogP contribution is -2.24. The van der Waals surface area contributed by atoms with Gasteiger partial charge in [-0.3, -0.25) is 4.79 Å². The summed E-state index contributed by atoms with van der Waals surface area (Å²) < 4.78 is 0. The van der Waals surface area contributed by atoms with Gasteiger partial charge in [-0.2, -0.15) is 0 Å². The van der Waals surface area contributed by atoms with E-state index < -0.39 is 0 Å². The molecule has 0 saturated heterocycles. The van der Waals surface area contributed by atoms with E-state index in [1.54, 1.807) is 0 Å². The number of carbonyl (C=O) groups is 1. The van der Waals surface area contributed by atoms with Crippen LogP contribution in [0.4, 0.5) is 5.69 Å². The largest absolute Gasteiger partial charge is 0.395 e. The third kappa shape index (κ3) is 4.09. The minimum Gasteiger partial charge on any atom is -0.395 e. The summed E-state index contributed by atoms with van der Waals surface area (Å²) >= 11 is 0. The van der Waals surface area contributed by atoms with Crippen molar-refractivity contribution in [3.63, 3.8) is 0 Å². The molecule has 3 heteroatoms. The molecule has 1 aliphatic rings. The lowest BCUT2D eigenvalue weighted by Gasteiger charge is -2.16. The van der Waals surface area contributed by atoms with Crippen molar-refractivity contribution in [1.82, 2.24) is 0 Å². The van der Waals surface area contributed by atoms with E-state index in [1.807, 2.05) is 25.1 Å². The first kappa shape index (κ1) is 15.6. The van der Waals surface area contributed by atoms with Gasteiger partial charge in [-0.1, -0.05) is 25.2 Å². The Morgan fingerprint density at radius 2 is 2.24 bits per heavy atom. The molecule has 1 aromatic rings. The highest BCUT2D eigenvalue weighted by Gasteiger charge is 2.29. The number of amides is 1. The molecule has 2 rings (SSSR count). The van der Waals surface area contributed by atoms with E-state index in [0.717, 1.165) is 36.1 Å². The monoisotopic (exact) mass is 285 g/mol. The molecule has 0 aliphatic heterocycles. The molecule has 21 heavy (non-hydrogen) atoms. The molecule has 1 aliphatic carbocycles. The molecular weight excluding hydrogens is 262 g/mol. The number of aliphatic hydroxyl groups is 1. The summed E-state index contributed by atoms with van der Waals surface area (Å²) in [6.07, 6.45) is 3.78. The summed E-state index contributed by atoms with van der Waals surface area (Å²) in [5.74, 6) is 6.68. The molecule has 1 fully saturated rings. The number of rotatable bonds is 3. The number of hydrogen-bond donors (Lipinski definition) is 2. The van der Waals surface area contributed by atoms with Crippen LogP contribution < -0.4 is 5.32 Å². The van der Waals surface area contributed by atoms with E-state index in [4.69, 9.17) is 5.11 Å². The van der Waals surface area contributed by atoms with Crippen LogP contribution in [0.2, 0.25) is 0 Å². The quantitative estimate of drug-likeness (QED) is 0.838. The molecule has 0 aromatic heterocycles. The summed E-state index contributed by atoms with van der Waals surface area (Å²) in [5.41, 5.74) is 2.80. The number of carbonyl (C=O) groups excluding carboxylic acids is 1. The number of benzene rings is 1. The first-order valence-corrected chi connectivity index (χ1v) is 7.63. The standard InChI is InChI=1S/C18H23NO2/c1-13-6-5-8-16(13)18(21)19-17-10-9-15(12-14(17)2)7-3-4-11-20/h9-10,12-13,16,20H,4-6,8,11H2,1-2H3,(H,19,21). The van der Waals surface area contributed by atoms with Gasteiger partial charge in [-0.15, -0.1) is 0 Å². The Labute approximate surface area is 126 Å². The summed E-state index contributed by atoms with van der Waals surface area (Å²) in [6.45, 7) is 4.22. The molecule has 0 heterocycles. The first-order valence-electron chi connectivity index (χ1n) is 7.63. The molecule has 112 valence electrons. The third-order valence-corrected chi connectivity index (χ3v) is 4.15. The van der Waals surface area contributed by atoms with Crippen LogP contribution in [0.5, 0.6) is 0 Å². The van der Waals surface area contributed by atoms with Crippen LogP contribution in [0.3, 0.4) is 0 Å². The predicted molar refractivity (Wildman–Crippen MR) is 84.9 cm³/mol. The zero-order valence-electron chi connectivity index (χ0n) is 12.8. The van der Waals surface area contributed by atoms with Crippen LogP contribution >= 0.6 is 0 Å². The zero-order valence-corrected chi connectivity index (χ0v) is 12.8. The summed E-state index contributed by atoms with van der Waals surface area (Å²) in [6, 6.07) is 5.79. The molecular formula is C18H23NO2. The van der Waals surface area contributed by atoms with Crippen LogP contribution in [0, 0.1) is 30.6 Å². The topological polar surface area (TPSA) is 49.3 Å². The fourth-order valence-electron chi connectivity index (χ4n) is 2.86. The van der Waals surface area contributed by atoms with E-state index in [2.05, 4.69) is 24.1 Å². The molecule has 2 atom stereocenters. The van der Waals surface area contributed by atoms with E-state index in [1.165, 1.54) is 0 Å². The molecule has 3 nitrogen and oxygen atoms in total. The minimum atomic E-state index is 0.0830. The number of anilines is 1. The zero-order chi connectivity index (χ0) is 15.2. The fraction of sp³-hybridized carbons (Fsp3) is 0.500. The summed E-state index contributed by atoms with van der Waals surface area (Å²) in [4.78, 5) is 12.3. The van der Waals surface area contributed by atoms with Crippen molar-refractivity contribution >= 4 is 11.6 Å². The molecule has 2 unspecified atom stereocenters. The average molecular weight is 285 g/mol. The van der Waals surface area contributed by atoms with Gasteiger partial charge in [0.15, 0.2) is 0 Å². The number of aryl methyl sites for hydroxylation is 1. The van der Waals surface area contributed by atoms with Crippen molar-refractivity contribution in [2.75, 3.05) is 11.9 Å². The lowest BCUT2D eigenvalue weighted by molar-refractivity contribution is -0.120. The summed E-state index contributed by atoms with van der Waals surface area (Å²) in [5, 5.41) is 11.8. The Balaban J connectivity index is 2.04. The van der Waals surface area contributed by atoms with Crippen LogP contribution in [-0.2, 0) is 4.79 Å². The van der Waals surface area contributed by atoms with E-state index in [0.29, 0.717) is 12.3 Å². The second-order valence-electron chi connectivity index (χ2n) is 5.81. The van der Waals surface area contributed by atoms with Crippen molar-refractivity contribution < 1.29 is 9.90 Å². The number of nitrogens with one attached hydrogen (secondary N) is 1. The van der Waals surface area contributed by atoms with Crippen LogP contribution in [0.15, 0.2) is 18.2 Å². The van der Waals surface area contributed by atoms with Gasteiger partial charge in [-0.25, -0.2) is 0 Å². The fourth-order valence-corrected chi connectivity index (χ4v) is 2.86. The highest BCUT2D eigenvalue weighted by molar-refractivity contribution is 5.93. The maximum atomic E-state index is 12.3. The molecule has 2 N–H and O–H groups in total. The van der Waals surface area contributed by atoms with Gasteiger partial charge in [0, 0.05) is 23.6 Å². The normalized spacial score (nSPS) is 20.7. The first-order chi connectivity index (χ1) is 10.1. The van der Waals surface area contributed by atoms with Gasteiger partial charge in [0.2, 0.25) is 5.91 Å². The number of hydrogen-bond acceptors (Lipinski definition) is 2. The summed E-state index contributed by atoms with van der Waals surface area (Å²) in [7, 11) is 0. The Hall–Kier alpha value is -1.79. The van der Waals surface area contributed by atoms with E-state index >= 15 is 0 Å². The molecule has 0 radical (unpaired) electrons. The Morgan fingerprint density at radius 3 is 2.86 bits per heavy atom. The highest BCUT2D eigenvalue weighted by Crippen LogP contribution is 2.32. The van der Waals surface area contributed by atoms with Gasteiger partial charge in [0.1, 0.15) is 0 Å². The third-order valence-electron chi connectivity index (χ3n) is 4.15. The highest BCUT2D eigenvalue weighted by atomic mass is 16.2. The van der Waals surface area contributed by atoms with Crippen molar-refractivity contribution in [2.45, 2.75) is 39.5 Å². The smallest absolute Gasteiger partial charge is 0.227 e. The Kier molecular flexibility index (Phi) is 5.41. The lowest BCUT2D eigenvalue weighted by atomic mass is 9.97. The molecule has 0 spiro atoms. The molecule has 1 amide bonds. The molecule has 0 bridgehead atoms. The van der Waals surface area contributed by atoms with Gasteiger partial charge in [-0.05, 0) is 49.4 Å². The predicted octanol–water partition coefficient (Wildman–Crippen LogP) is 3.10.